The highest BCUT2D eigenvalue weighted by Crippen LogP contribution is 2.44. The molecule has 1 aromatic heterocycles. The molecule has 0 aromatic carbocycles. The summed E-state index contributed by atoms with van der Waals surface area (Å²) >= 11 is 1.60. The minimum atomic E-state index is -0.315. The van der Waals surface area contributed by atoms with Crippen LogP contribution in [-0.2, 0) is 22.4 Å². The number of methoxy groups -OCH3 is 1. The van der Waals surface area contributed by atoms with Crippen molar-refractivity contribution in [1.29, 1.82) is 0 Å². The summed E-state index contributed by atoms with van der Waals surface area (Å²) < 4.78 is 5.20. The molecule has 2 fully saturated rings. The van der Waals surface area contributed by atoms with Crippen molar-refractivity contribution in [2.75, 3.05) is 71.5 Å². The molecule has 2 aliphatic heterocycles. The maximum Gasteiger partial charge on any atom is 0.324 e. The van der Waals surface area contributed by atoms with Gasteiger partial charge in [0.05, 0.1) is 24.8 Å². The number of urea groups is 1. The fraction of sp³-hybridized carbons (Fsp3) is 0.750. The van der Waals surface area contributed by atoms with E-state index in [1.54, 1.807) is 18.4 Å². The van der Waals surface area contributed by atoms with E-state index in [9.17, 15) is 9.59 Å². The first-order chi connectivity index (χ1) is 16.4. The number of nitrogens with two attached hydrogens (primary N) is 2. The second-order valence-electron chi connectivity index (χ2n) is 10.0. The van der Waals surface area contributed by atoms with E-state index in [-0.39, 0.29) is 24.4 Å². The molecule has 3 heterocycles. The van der Waals surface area contributed by atoms with Crippen LogP contribution < -0.4 is 16.8 Å². The highest BCUT2D eigenvalue weighted by molar-refractivity contribution is 7.16. The molecular formula is C24H40N6O3S. The zero-order valence-corrected chi connectivity index (χ0v) is 21.4. The maximum atomic E-state index is 13.6. The van der Waals surface area contributed by atoms with Crippen LogP contribution in [0.5, 0.6) is 0 Å². The van der Waals surface area contributed by atoms with E-state index >= 15 is 0 Å². The first kappa shape index (κ1) is 25.2. The summed E-state index contributed by atoms with van der Waals surface area (Å²) in [5.74, 6) is -0.0148. The molecule has 3 amide bonds. The fourth-order valence-corrected chi connectivity index (χ4v) is 6.93. The lowest BCUT2D eigenvalue weighted by Gasteiger charge is -2.45. The lowest BCUT2D eigenvalue weighted by atomic mass is 9.74. The molecule has 3 aliphatic rings. The predicted octanol–water partition coefficient (Wildman–Crippen LogP) is 1.62. The zero-order chi connectivity index (χ0) is 24.2. The number of nitrogens with one attached hydrogen (secondary N) is 1. The molecule has 5 N–H and O–H groups in total. The third-order valence-corrected chi connectivity index (χ3v) is 8.86. The topological polar surface area (TPSA) is 117 Å². The summed E-state index contributed by atoms with van der Waals surface area (Å²) in [5, 5.41) is 3.68. The van der Waals surface area contributed by atoms with Gasteiger partial charge in [-0.05, 0) is 63.7 Å². The number of piperidine rings is 2. The smallest absolute Gasteiger partial charge is 0.324 e. The number of rotatable bonds is 7. The minimum Gasteiger partial charge on any atom is -0.396 e. The van der Waals surface area contributed by atoms with Gasteiger partial charge in [-0.3, -0.25) is 9.69 Å². The Morgan fingerprint density at radius 3 is 2.71 bits per heavy atom. The Bertz CT molecular complexity index is 871. The number of carbonyl (C=O) groups is 2. The predicted molar refractivity (Wildman–Crippen MR) is 136 cm³/mol. The van der Waals surface area contributed by atoms with Crippen molar-refractivity contribution >= 4 is 34.0 Å². The van der Waals surface area contributed by atoms with E-state index in [0.29, 0.717) is 42.3 Å². The van der Waals surface area contributed by atoms with Crippen LogP contribution in [0.4, 0.5) is 15.5 Å². The highest BCUT2D eigenvalue weighted by atomic mass is 32.1. The van der Waals surface area contributed by atoms with Crippen LogP contribution >= 0.6 is 11.3 Å². The molecule has 4 rings (SSSR count). The number of hydrogen-bond acceptors (Lipinski definition) is 8. The van der Waals surface area contributed by atoms with Crippen molar-refractivity contribution in [1.82, 2.24) is 20.0 Å². The van der Waals surface area contributed by atoms with Gasteiger partial charge < -0.3 is 31.3 Å². The summed E-state index contributed by atoms with van der Waals surface area (Å²) in [6, 6.07) is 0.0596. The van der Waals surface area contributed by atoms with Gasteiger partial charge >= 0.3 is 6.03 Å². The molecule has 10 heteroatoms. The van der Waals surface area contributed by atoms with Crippen molar-refractivity contribution in [3.8, 4) is 0 Å². The summed E-state index contributed by atoms with van der Waals surface area (Å²) in [5.41, 5.74) is 14.2. The molecule has 0 spiro atoms. The molecule has 9 nitrogen and oxygen atoms in total. The fourth-order valence-electron chi connectivity index (χ4n) is 5.86. The van der Waals surface area contributed by atoms with Crippen LogP contribution in [0, 0.1) is 11.8 Å². The van der Waals surface area contributed by atoms with Crippen molar-refractivity contribution in [2.24, 2.45) is 11.8 Å². The molecule has 0 radical (unpaired) electrons. The Kier molecular flexibility index (Phi) is 8.34. The number of anilines is 2. The number of nitrogens with zero attached hydrogens (tertiary/aromatic N) is 3. The van der Waals surface area contributed by atoms with Crippen molar-refractivity contribution in [3.05, 3.63) is 10.4 Å². The molecular weight excluding hydrogens is 452 g/mol. The van der Waals surface area contributed by atoms with E-state index in [1.165, 1.54) is 29.0 Å². The van der Waals surface area contributed by atoms with Gasteiger partial charge in [-0.25, -0.2) is 4.79 Å². The average molecular weight is 493 g/mol. The molecule has 0 unspecified atom stereocenters. The van der Waals surface area contributed by atoms with Gasteiger partial charge in [-0.1, -0.05) is 6.42 Å². The number of likely N-dealkylation sites (tertiary alicyclic amines) is 2. The first-order valence-electron chi connectivity index (χ1n) is 12.5. The van der Waals surface area contributed by atoms with Crippen LogP contribution in [0.1, 0.15) is 36.1 Å². The van der Waals surface area contributed by atoms with E-state index in [1.807, 2.05) is 0 Å². The summed E-state index contributed by atoms with van der Waals surface area (Å²) in [7, 11) is 3.67. The van der Waals surface area contributed by atoms with E-state index in [2.05, 4.69) is 22.2 Å². The molecule has 0 saturated carbocycles. The van der Waals surface area contributed by atoms with Crippen LogP contribution in [0.25, 0.3) is 0 Å². The molecule has 2 saturated heterocycles. The van der Waals surface area contributed by atoms with Crippen molar-refractivity contribution in [3.63, 3.8) is 0 Å². The Morgan fingerprint density at radius 1 is 1.21 bits per heavy atom. The zero-order valence-electron chi connectivity index (χ0n) is 20.6. The third kappa shape index (κ3) is 5.50. The molecule has 190 valence electrons. The molecule has 1 aromatic rings. The Hall–Kier alpha value is -1.88. The maximum absolute atomic E-state index is 13.6. The number of thiophene rings is 1. The van der Waals surface area contributed by atoms with E-state index < -0.39 is 0 Å². The van der Waals surface area contributed by atoms with Gasteiger partial charge in [0.25, 0.3) is 0 Å². The number of hydrogen-bond donors (Lipinski definition) is 3. The van der Waals surface area contributed by atoms with Crippen LogP contribution in [0.15, 0.2) is 0 Å². The highest BCUT2D eigenvalue weighted by Gasteiger charge is 2.43. The average Bonchev–Trinajstić information content (AvgIpc) is 3.11. The van der Waals surface area contributed by atoms with Crippen LogP contribution in [0.3, 0.4) is 0 Å². The quantitative estimate of drug-likeness (QED) is 0.529. The second-order valence-corrected chi connectivity index (χ2v) is 11.1. The van der Waals surface area contributed by atoms with E-state index in [4.69, 9.17) is 16.2 Å². The second kappa shape index (κ2) is 11.2. The molecule has 1 aliphatic carbocycles. The normalized spacial score (nSPS) is 25.4. The molecule has 3 atom stereocenters. The molecule has 0 bridgehead atoms. The molecule has 34 heavy (non-hydrogen) atoms. The summed E-state index contributed by atoms with van der Waals surface area (Å²) in [6.45, 7) is 4.78. The first-order valence-corrected chi connectivity index (χ1v) is 13.4. The Labute approximate surface area is 206 Å². The van der Waals surface area contributed by atoms with Gasteiger partial charge in [0.1, 0.15) is 5.00 Å². The van der Waals surface area contributed by atoms with Gasteiger partial charge in [0.2, 0.25) is 5.91 Å². The van der Waals surface area contributed by atoms with Crippen LogP contribution in [-0.4, -0.2) is 92.7 Å². The summed E-state index contributed by atoms with van der Waals surface area (Å²) in [4.78, 5) is 33.9. The number of imide groups is 1. The van der Waals surface area contributed by atoms with Crippen LogP contribution in [0.2, 0.25) is 0 Å². The van der Waals surface area contributed by atoms with Gasteiger partial charge in [0, 0.05) is 37.7 Å². The number of likely N-dealkylation sites (N-methyl/N-ethyl adjacent to an activating group) is 1. The Balaban J connectivity index is 1.39. The lowest BCUT2D eigenvalue weighted by Crippen LogP contribution is -2.56. The van der Waals surface area contributed by atoms with Gasteiger partial charge in [-0.2, -0.15) is 0 Å². The SMILES string of the molecule is COCCN(C(=O)NCCN1CCCCC1)C(=O)[C@@H]1C[C@@H]2Cc3c(sc(N)c3N)C[C@H]2N(C)C1. The van der Waals surface area contributed by atoms with Crippen molar-refractivity contribution < 1.29 is 14.3 Å². The number of amides is 3. The minimum absolute atomic E-state index is 0.110. The number of fused-ring (bicyclic) bond motifs is 2. The number of nitrogen functional groups attached to an aromatic ring is 2. The third-order valence-electron chi connectivity index (χ3n) is 7.76. The summed E-state index contributed by atoms with van der Waals surface area (Å²) in [6.07, 6.45) is 6.24. The van der Waals surface area contributed by atoms with Gasteiger partial charge in [-0.15, -0.1) is 11.3 Å². The van der Waals surface area contributed by atoms with Gasteiger partial charge in [0.15, 0.2) is 0 Å². The van der Waals surface area contributed by atoms with Crippen molar-refractivity contribution in [2.45, 2.75) is 44.6 Å². The van der Waals surface area contributed by atoms with E-state index in [0.717, 1.165) is 44.5 Å². The Morgan fingerprint density at radius 2 is 1.97 bits per heavy atom. The monoisotopic (exact) mass is 492 g/mol. The number of ether oxygens (including phenoxy) is 1. The standard InChI is InChI=1S/C24H40N6O3S/c1-28-15-17(12-16-13-18-20(14-19(16)28)34-22(26)21(18)25)23(31)30(10-11-33-2)24(32)27-6-9-29-7-4-3-5-8-29/h16-17,19H,3-15,25-26H2,1-2H3,(H,27,32)/t16-,17-,19-/m1/s1. The lowest BCUT2D eigenvalue weighted by molar-refractivity contribution is -0.136. The number of carbonyl (C=O) groups excluding carboxylic acids is 2. The largest absolute Gasteiger partial charge is 0.396 e.